The fourth-order valence-corrected chi connectivity index (χ4v) is 1.15. The first-order valence-corrected chi connectivity index (χ1v) is 3.52. The van der Waals surface area contributed by atoms with E-state index in [1.165, 1.54) is 0 Å². The molecule has 12 heavy (non-hydrogen) atoms. The van der Waals surface area contributed by atoms with Gasteiger partial charge >= 0.3 is 5.97 Å². The Balaban J connectivity index is 2.66. The van der Waals surface area contributed by atoms with E-state index >= 15 is 0 Å². The molecular weight excluding hydrogens is 166 g/mol. The summed E-state index contributed by atoms with van der Waals surface area (Å²) in [6, 6.07) is 0. The molecule has 0 aromatic rings. The second-order valence-corrected chi connectivity index (χ2v) is 2.65. The molecule has 0 aromatic carbocycles. The average molecular weight is 177 g/mol. The van der Waals surface area contributed by atoms with Gasteiger partial charge in [0.2, 0.25) is 0 Å². The first-order valence-electron chi connectivity index (χ1n) is 3.52. The highest BCUT2D eigenvalue weighted by atomic mass is 16.6. The van der Waals surface area contributed by atoms with Gasteiger partial charge in [0.15, 0.2) is 6.10 Å². The monoisotopic (exact) mass is 177 g/mol. The molecule has 1 heterocycles. The van der Waals surface area contributed by atoms with Crippen molar-refractivity contribution in [3.63, 3.8) is 0 Å². The number of aliphatic hydroxyl groups excluding tert-OH is 2. The Kier molecular flexibility index (Phi) is 2.63. The highest BCUT2D eigenvalue weighted by molar-refractivity contribution is 5.73. The molecule has 1 aliphatic rings. The maximum atomic E-state index is 10.4. The normalized spacial score (nSPS) is 41.6. The van der Waals surface area contributed by atoms with Gasteiger partial charge in [0.1, 0.15) is 12.2 Å². The molecular formula is C6H11NO5. The first-order chi connectivity index (χ1) is 5.57. The standard InChI is InChI=1S/C6H11NO5/c7-1-2-3(8)4(9)5(12-2)6(10)11/h2-5,8-9H,1,7H2,(H,10,11)/t2?,3?,4-,5-/m0/s1. The molecule has 70 valence electrons. The van der Waals surface area contributed by atoms with E-state index in [4.69, 9.17) is 25.8 Å². The zero-order valence-corrected chi connectivity index (χ0v) is 6.25. The van der Waals surface area contributed by atoms with Gasteiger partial charge in [-0.05, 0) is 0 Å². The van der Waals surface area contributed by atoms with E-state index in [-0.39, 0.29) is 6.54 Å². The molecule has 1 fully saturated rings. The lowest BCUT2D eigenvalue weighted by Gasteiger charge is -2.10. The van der Waals surface area contributed by atoms with Crippen LogP contribution in [0.2, 0.25) is 0 Å². The van der Waals surface area contributed by atoms with Crippen LogP contribution in [-0.2, 0) is 9.53 Å². The van der Waals surface area contributed by atoms with Gasteiger partial charge < -0.3 is 25.8 Å². The zero-order valence-electron chi connectivity index (χ0n) is 6.25. The molecule has 1 saturated heterocycles. The zero-order chi connectivity index (χ0) is 9.30. The summed E-state index contributed by atoms with van der Waals surface area (Å²) >= 11 is 0. The van der Waals surface area contributed by atoms with Crippen LogP contribution in [0.1, 0.15) is 0 Å². The van der Waals surface area contributed by atoms with Crippen molar-refractivity contribution in [3.05, 3.63) is 0 Å². The number of carboxylic acid groups (broad SMARTS) is 1. The van der Waals surface area contributed by atoms with Gasteiger partial charge in [0.25, 0.3) is 0 Å². The van der Waals surface area contributed by atoms with Crippen LogP contribution >= 0.6 is 0 Å². The third-order valence-electron chi connectivity index (χ3n) is 1.84. The SMILES string of the molecule is NCC1O[C@H](C(=O)O)[C@@H](O)C1O. The van der Waals surface area contributed by atoms with Gasteiger partial charge in [-0.2, -0.15) is 0 Å². The number of hydrogen-bond acceptors (Lipinski definition) is 5. The molecule has 4 atom stereocenters. The minimum atomic E-state index is -1.39. The molecule has 1 rings (SSSR count). The lowest BCUT2D eigenvalue weighted by Crippen LogP contribution is -2.37. The third kappa shape index (κ3) is 1.42. The molecule has 0 radical (unpaired) electrons. The Morgan fingerprint density at radius 2 is 2.00 bits per heavy atom. The van der Waals surface area contributed by atoms with Gasteiger partial charge in [0, 0.05) is 6.54 Å². The van der Waals surface area contributed by atoms with E-state index in [0.29, 0.717) is 0 Å². The maximum Gasteiger partial charge on any atom is 0.335 e. The lowest BCUT2D eigenvalue weighted by molar-refractivity contribution is -0.153. The molecule has 0 spiro atoms. The molecule has 5 N–H and O–H groups in total. The number of carboxylic acids is 1. The molecule has 6 heteroatoms. The molecule has 0 aliphatic carbocycles. The van der Waals surface area contributed by atoms with Crippen LogP contribution in [0.5, 0.6) is 0 Å². The Labute approximate surface area is 68.6 Å². The van der Waals surface area contributed by atoms with Crippen molar-refractivity contribution in [1.82, 2.24) is 0 Å². The summed E-state index contributed by atoms with van der Waals surface area (Å²) in [5, 5.41) is 26.8. The molecule has 0 saturated carbocycles. The number of rotatable bonds is 2. The number of aliphatic carboxylic acids is 1. The van der Waals surface area contributed by atoms with Crippen molar-refractivity contribution in [3.8, 4) is 0 Å². The maximum absolute atomic E-state index is 10.4. The van der Waals surface area contributed by atoms with Crippen LogP contribution in [0, 0.1) is 0 Å². The van der Waals surface area contributed by atoms with E-state index in [2.05, 4.69) is 0 Å². The van der Waals surface area contributed by atoms with Crippen molar-refractivity contribution in [2.45, 2.75) is 24.4 Å². The van der Waals surface area contributed by atoms with Crippen LogP contribution < -0.4 is 5.73 Å². The quantitative estimate of drug-likeness (QED) is 0.371. The number of hydrogen-bond donors (Lipinski definition) is 4. The highest BCUT2D eigenvalue weighted by Crippen LogP contribution is 2.20. The smallest absolute Gasteiger partial charge is 0.335 e. The summed E-state index contributed by atoms with van der Waals surface area (Å²) in [5.74, 6) is -1.29. The van der Waals surface area contributed by atoms with Gasteiger partial charge in [-0.3, -0.25) is 0 Å². The minimum Gasteiger partial charge on any atom is -0.479 e. The van der Waals surface area contributed by atoms with Gasteiger partial charge in [0.05, 0.1) is 6.10 Å². The molecule has 6 nitrogen and oxygen atoms in total. The third-order valence-corrected chi connectivity index (χ3v) is 1.84. The van der Waals surface area contributed by atoms with Gasteiger partial charge in [-0.15, -0.1) is 0 Å². The molecule has 0 amide bonds. The number of carbonyl (C=O) groups is 1. The Morgan fingerprint density at radius 3 is 2.25 bits per heavy atom. The van der Waals surface area contributed by atoms with E-state index < -0.39 is 30.4 Å². The predicted octanol–water partition coefficient (Wildman–Crippen LogP) is -2.48. The van der Waals surface area contributed by atoms with E-state index in [0.717, 1.165) is 0 Å². The van der Waals surface area contributed by atoms with Crippen LogP contribution in [0.3, 0.4) is 0 Å². The summed E-state index contributed by atoms with van der Waals surface area (Å²) < 4.78 is 4.77. The van der Waals surface area contributed by atoms with Crippen molar-refractivity contribution in [1.29, 1.82) is 0 Å². The van der Waals surface area contributed by atoms with Crippen LogP contribution in [0.15, 0.2) is 0 Å². The summed E-state index contributed by atoms with van der Waals surface area (Å²) in [6.45, 7) is -0.0119. The van der Waals surface area contributed by atoms with Crippen LogP contribution in [0.25, 0.3) is 0 Å². The second-order valence-electron chi connectivity index (χ2n) is 2.65. The summed E-state index contributed by atoms with van der Waals surface area (Å²) in [6.07, 6.45) is -4.76. The van der Waals surface area contributed by atoms with E-state index in [1.54, 1.807) is 0 Å². The van der Waals surface area contributed by atoms with E-state index in [1.807, 2.05) is 0 Å². The van der Waals surface area contributed by atoms with Crippen LogP contribution in [-0.4, -0.2) is 52.2 Å². The van der Waals surface area contributed by atoms with Crippen LogP contribution in [0.4, 0.5) is 0 Å². The topological polar surface area (TPSA) is 113 Å². The molecule has 1 aliphatic heterocycles. The number of aliphatic hydroxyl groups is 2. The van der Waals surface area contributed by atoms with Crippen molar-refractivity contribution in [2.75, 3.05) is 6.54 Å². The summed E-state index contributed by atoms with van der Waals surface area (Å²) in [5.41, 5.74) is 5.16. The average Bonchev–Trinajstić information content (AvgIpc) is 2.30. The Bertz CT molecular complexity index is 185. The van der Waals surface area contributed by atoms with Crippen molar-refractivity contribution >= 4 is 5.97 Å². The summed E-state index contributed by atoms with van der Waals surface area (Å²) in [7, 11) is 0. The van der Waals surface area contributed by atoms with Crippen molar-refractivity contribution in [2.24, 2.45) is 5.73 Å². The highest BCUT2D eigenvalue weighted by Gasteiger charge is 2.45. The Hall–Kier alpha value is -0.690. The fourth-order valence-electron chi connectivity index (χ4n) is 1.15. The predicted molar refractivity (Wildman–Crippen MR) is 37.4 cm³/mol. The number of ether oxygens (including phenoxy) is 1. The van der Waals surface area contributed by atoms with Gasteiger partial charge in [-0.25, -0.2) is 4.79 Å². The fraction of sp³-hybridized carbons (Fsp3) is 0.833. The largest absolute Gasteiger partial charge is 0.479 e. The molecule has 0 bridgehead atoms. The molecule has 0 aromatic heterocycles. The summed E-state index contributed by atoms with van der Waals surface area (Å²) in [4.78, 5) is 10.4. The lowest BCUT2D eigenvalue weighted by atomic mass is 10.1. The van der Waals surface area contributed by atoms with Gasteiger partial charge in [-0.1, -0.05) is 0 Å². The second kappa shape index (κ2) is 3.36. The molecule has 2 unspecified atom stereocenters. The minimum absolute atomic E-state index is 0.0119. The number of nitrogens with two attached hydrogens (primary N) is 1. The first kappa shape index (κ1) is 9.40. The van der Waals surface area contributed by atoms with Crippen molar-refractivity contribution < 1.29 is 24.9 Å². The Morgan fingerprint density at radius 1 is 1.42 bits per heavy atom. The van der Waals surface area contributed by atoms with E-state index in [9.17, 15) is 4.79 Å².